The maximum absolute atomic E-state index is 11.0. The number of nitrogens with one attached hydrogen (secondary N) is 1. The van der Waals surface area contributed by atoms with Crippen LogP contribution in [0.4, 0.5) is 0 Å². The second-order valence-corrected chi connectivity index (χ2v) is 4.45. The molecule has 0 amide bonds. The average molecular weight is 271 g/mol. The van der Waals surface area contributed by atoms with Crippen molar-refractivity contribution >= 4 is 16.9 Å². The molecule has 3 aromatic rings. The van der Waals surface area contributed by atoms with Gasteiger partial charge in [-0.25, -0.2) is 4.79 Å². The molecule has 0 spiro atoms. The molecule has 0 saturated heterocycles. The van der Waals surface area contributed by atoms with Crippen LogP contribution in [-0.2, 0) is 7.05 Å². The van der Waals surface area contributed by atoms with Crippen molar-refractivity contribution in [1.29, 1.82) is 0 Å². The zero-order chi connectivity index (χ0) is 14.3. The fourth-order valence-electron chi connectivity index (χ4n) is 2.24. The van der Waals surface area contributed by atoms with E-state index in [2.05, 4.69) is 10.1 Å². The van der Waals surface area contributed by atoms with Crippen molar-refractivity contribution in [2.45, 2.75) is 0 Å². The molecule has 0 aliphatic carbocycles. The summed E-state index contributed by atoms with van der Waals surface area (Å²) in [5, 5.41) is 14.2. The summed E-state index contributed by atoms with van der Waals surface area (Å²) in [6.45, 7) is 0. The number of fused-ring (bicyclic) bond motifs is 1. The number of aromatic nitrogens is 3. The normalized spacial score (nSPS) is 10.9. The van der Waals surface area contributed by atoms with Crippen molar-refractivity contribution in [3.8, 4) is 17.1 Å². The number of benzene rings is 1. The Morgan fingerprint density at radius 1 is 1.40 bits per heavy atom. The number of carboxylic acid groups (broad SMARTS) is 1. The molecule has 0 atom stereocenters. The molecule has 2 N–H and O–H groups in total. The standard InChI is InChI=1S/C14H13N3O3/c1-17-12(14(18)19)7-11(16-17)10-6-8-9(15-10)4-3-5-13(8)20-2/h3-7,15H,1-2H3,(H,18,19). The number of aromatic carboxylic acids is 1. The van der Waals surface area contributed by atoms with Gasteiger partial charge in [-0.1, -0.05) is 6.07 Å². The van der Waals surface area contributed by atoms with Crippen molar-refractivity contribution in [2.24, 2.45) is 7.05 Å². The van der Waals surface area contributed by atoms with Crippen molar-refractivity contribution in [3.63, 3.8) is 0 Å². The number of carboxylic acids is 1. The first-order valence-electron chi connectivity index (χ1n) is 6.03. The zero-order valence-corrected chi connectivity index (χ0v) is 11.0. The second-order valence-electron chi connectivity index (χ2n) is 4.45. The van der Waals surface area contributed by atoms with Crippen LogP contribution in [0.5, 0.6) is 5.75 Å². The van der Waals surface area contributed by atoms with Crippen LogP contribution in [-0.4, -0.2) is 33.0 Å². The first kappa shape index (κ1) is 12.3. The maximum atomic E-state index is 11.0. The predicted molar refractivity (Wildman–Crippen MR) is 74.0 cm³/mol. The molecular weight excluding hydrogens is 258 g/mol. The topological polar surface area (TPSA) is 80.1 Å². The Morgan fingerprint density at radius 2 is 2.20 bits per heavy atom. The molecule has 3 rings (SSSR count). The number of aromatic amines is 1. The van der Waals surface area contributed by atoms with E-state index in [-0.39, 0.29) is 5.69 Å². The Bertz CT molecular complexity index is 801. The van der Waals surface area contributed by atoms with Gasteiger partial charge in [-0.15, -0.1) is 0 Å². The molecule has 20 heavy (non-hydrogen) atoms. The summed E-state index contributed by atoms with van der Waals surface area (Å²) in [5.74, 6) is -0.237. The molecule has 0 bridgehead atoms. The van der Waals surface area contributed by atoms with Gasteiger partial charge in [0.05, 0.1) is 12.8 Å². The first-order valence-corrected chi connectivity index (χ1v) is 6.03. The van der Waals surface area contributed by atoms with E-state index in [9.17, 15) is 4.79 Å². The maximum Gasteiger partial charge on any atom is 0.354 e. The molecule has 0 aliphatic rings. The van der Waals surface area contributed by atoms with Gasteiger partial charge in [0.15, 0.2) is 0 Å². The smallest absolute Gasteiger partial charge is 0.354 e. The Kier molecular flexibility index (Phi) is 2.71. The minimum atomic E-state index is -1.00. The monoisotopic (exact) mass is 271 g/mol. The van der Waals surface area contributed by atoms with E-state index in [1.165, 1.54) is 4.68 Å². The van der Waals surface area contributed by atoms with Crippen molar-refractivity contribution in [2.75, 3.05) is 7.11 Å². The molecule has 0 unspecified atom stereocenters. The lowest BCUT2D eigenvalue weighted by atomic mass is 10.2. The summed E-state index contributed by atoms with van der Waals surface area (Å²) in [6, 6.07) is 9.15. The van der Waals surface area contributed by atoms with Crippen LogP contribution < -0.4 is 4.74 Å². The Hall–Kier alpha value is -2.76. The number of H-pyrrole nitrogens is 1. The molecule has 2 heterocycles. The van der Waals surface area contributed by atoms with E-state index < -0.39 is 5.97 Å². The minimum absolute atomic E-state index is 0.144. The minimum Gasteiger partial charge on any atom is -0.496 e. The van der Waals surface area contributed by atoms with Crippen molar-refractivity contribution in [3.05, 3.63) is 36.0 Å². The van der Waals surface area contributed by atoms with Crippen LogP contribution >= 0.6 is 0 Å². The molecule has 1 aromatic carbocycles. The zero-order valence-electron chi connectivity index (χ0n) is 11.0. The van der Waals surface area contributed by atoms with Crippen molar-refractivity contribution in [1.82, 2.24) is 14.8 Å². The molecule has 6 nitrogen and oxygen atoms in total. The van der Waals surface area contributed by atoms with E-state index in [0.29, 0.717) is 5.69 Å². The predicted octanol–water partition coefficient (Wildman–Crippen LogP) is 2.28. The third kappa shape index (κ3) is 1.82. The SMILES string of the molecule is COc1cccc2[nH]c(-c3cc(C(=O)O)n(C)n3)cc12. The summed E-state index contributed by atoms with van der Waals surface area (Å²) in [5.41, 5.74) is 2.41. The van der Waals surface area contributed by atoms with Gasteiger partial charge < -0.3 is 14.8 Å². The number of methoxy groups -OCH3 is 1. The lowest BCUT2D eigenvalue weighted by Gasteiger charge is -1.99. The molecule has 0 aliphatic heterocycles. The number of aryl methyl sites for hydroxylation is 1. The molecule has 0 fully saturated rings. The van der Waals surface area contributed by atoms with E-state index in [4.69, 9.17) is 9.84 Å². The Labute approximate surface area is 114 Å². The first-order chi connectivity index (χ1) is 9.60. The highest BCUT2D eigenvalue weighted by molar-refractivity contribution is 5.91. The lowest BCUT2D eigenvalue weighted by Crippen LogP contribution is -2.04. The second kappa shape index (κ2) is 4.41. The third-order valence-corrected chi connectivity index (χ3v) is 3.22. The molecule has 0 radical (unpaired) electrons. The van der Waals surface area contributed by atoms with Crippen LogP contribution in [0.25, 0.3) is 22.3 Å². The van der Waals surface area contributed by atoms with E-state index in [1.807, 2.05) is 24.3 Å². The molecule has 0 saturated carbocycles. The Morgan fingerprint density at radius 3 is 2.85 bits per heavy atom. The number of hydrogen-bond donors (Lipinski definition) is 2. The summed E-state index contributed by atoms with van der Waals surface area (Å²) in [4.78, 5) is 14.3. The number of nitrogens with zero attached hydrogens (tertiary/aromatic N) is 2. The van der Waals surface area contributed by atoms with Gasteiger partial charge in [0, 0.05) is 24.0 Å². The summed E-state index contributed by atoms with van der Waals surface area (Å²) >= 11 is 0. The van der Waals surface area contributed by atoms with Gasteiger partial charge in [0.2, 0.25) is 0 Å². The fraction of sp³-hybridized carbons (Fsp3) is 0.143. The summed E-state index contributed by atoms with van der Waals surface area (Å²) in [7, 11) is 3.22. The van der Waals surface area contributed by atoms with Gasteiger partial charge in [0.25, 0.3) is 0 Å². The quantitative estimate of drug-likeness (QED) is 0.765. The van der Waals surface area contributed by atoms with Crippen LogP contribution in [0.3, 0.4) is 0 Å². The highest BCUT2D eigenvalue weighted by Gasteiger charge is 2.15. The van der Waals surface area contributed by atoms with E-state index in [1.54, 1.807) is 20.2 Å². The van der Waals surface area contributed by atoms with Gasteiger partial charge >= 0.3 is 5.97 Å². The van der Waals surface area contributed by atoms with Crippen LogP contribution in [0, 0.1) is 0 Å². The van der Waals surface area contributed by atoms with E-state index >= 15 is 0 Å². The largest absolute Gasteiger partial charge is 0.496 e. The molecule has 6 heteroatoms. The molecule has 102 valence electrons. The third-order valence-electron chi connectivity index (χ3n) is 3.22. The lowest BCUT2D eigenvalue weighted by molar-refractivity contribution is 0.0685. The average Bonchev–Trinajstić information content (AvgIpc) is 3.01. The van der Waals surface area contributed by atoms with Crippen molar-refractivity contribution < 1.29 is 14.6 Å². The van der Waals surface area contributed by atoms with Gasteiger partial charge in [-0.3, -0.25) is 4.68 Å². The number of ether oxygens (including phenoxy) is 1. The highest BCUT2D eigenvalue weighted by Crippen LogP contribution is 2.30. The fourth-order valence-corrected chi connectivity index (χ4v) is 2.24. The summed E-state index contributed by atoms with van der Waals surface area (Å²) in [6.07, 6.45) is 0. The van der Waals surface area contributed by atoms with Crippen LogP contribution in [0.15, 0.2) is 30.3 Å². The van der Waals surface area contributed by atoms with Crippen LogP contribution in [0.2, 0.25) is 0 Å². The van der Waals surface area contributed by atoms with Gasteiger partial charge in [-0.2, -0.15) is 5.10 Å². The summed E-state index contributed by atoms with van der Waals surface area (Å²) < 4.78 is 6.65. The van der Waals surface area contributed by atoms with Gasteiger partial charge in [-0.05, 0) is 18.2 Å². The van der Waals surface area contributed by atoms with Gasteiger partial charge in [0.1, 0.15) is 17.1 Å². The number of carbonyl (C=O) groups is 1. The molecule has 2 aromatic heterocycles. The number of rotatable bonds is 3. The van der Waals surface area contributed by atoms with Crippen LogP contribution in [0.1, 0.15) is 10.5 Å². The number of hydrogen-bond acceptors (Lipinski definition) is 3. The highest BCUT2D eigenvalue weighted by atomic mass is 16.5. The Balaban J connectivity index is 2.15. The van der Waals surface area contributed by atoms with E-state index in [0.717, 1.165) is 22.3 Å². The molecular formula is C14H13N3O3.